The molecule has 2 aliphatic carbocycles. The minimum absolute atomic E-state index is 0.577. The Morgan fingerprint density at radius 2 is 1.82 bits per heavy atom. The van der Waals surface area contributed by atoms with E-state index in [-0.39, 0.29) is 0 Å². The van der Waals surface area contributed by atoms with Gasteiger partial charge >= 0.3 is 0 Å². The summed E-state index contributed by atoms with van der Waals surface area (Å²) in [5, 5.41) is 3.88. The second-order valence-corrected chi connectivity index (χ2v) is 7.39. The second-order valence-electron chi connectivity index (χ2n) is 7.39. The van der Waals surface area contributed by atoms with E-state index in [1.165, 1.54) is 57.9 Å². The summed E-state index contributed by atoms with van der Waals surface area (Å²) in [5.41, 5.74) is 0.577. The summed E-state index contributed by atoms with van der Waals surface area (Å²) in [6.07, 6.45) is 11.5. The Hall–Kier alpha value is -0.0400. The molecule has 0 aromatic heterocycles. The molecule has 1 nitrogen and oxygen atoms in total. The highest BCUT2D eigenvalue weighted by atomic mass is 14.9. The Balaban J connectivity index is 1.73. The molecule has 0 bridgehead atoms. The van der Waals surface area contributed by atoms with Crippen LogP contribution in [0.25, 0.3) is 0 Å². The molecule has 0 radical (unpaired) electrons. The molecule has 0 heterocycles. The van der Waals surface area contributed by atoms with Gasteiger partial charge in [0, 0.05) is 6.04 Å². The van der Waals surface area contributed by atoms with Crippen LogP contribution >= 0.6 is 0 Å². The first-order valence-corrected chi connectivity index (χ1v) is 7.80. The average molecular weight is 237 g/mol. The van der Waals surface area contributed by atoms with Crippen LogP contribution in [-0.4, -0.2) is 12.6 Å². The zero-order chi connectivity index (χ0) is 12.3. The van der Waals surface area contributed by atoms with Crippen LogP contribution in [0.3, 0.4) is 0 Å². The Morgan fingerprint density at radius 3 is 2.53 bits per heavy atom. The van der Waals surface area contributed by atoms with E-state index in [9.17, 15) is 0 Å². The number of nitrogens with one attached hydrogen (secondary N) is 1. The van der Waals surface area contributed by atoms with Gasteiger partial charge in [-0.25, -0.2) is 0 Å². The molecule has 2 rings (SSSR count). The van der Waals surface area contributed by atoms with Crippen molar-refractivity contribution in [3.05, 3.63) is 0 Å². The molecule has 0 spiro atoms. The van der Waals surface area contributed by atoms with Crippen LogP contribution in [0.2, 0.25) is 0 Å². The maximum absolute atomic E-state index is 3.88. The summed E-state index contributed by atoms with van der Waals surface area (Å²) in [6, 6.07) is 0.799. The van der Waals surface area contributed by atoms with Crippen molar-refractivity contribution in [3.63, 3.8) is 0 Å². The fourth-order valence-electron chi connectivity index (χ4n) is 3.89. The van der Waals surface area contributed by atoms with Crippen molar-refractivity contribution < 1.29 is 0 Å². The van der Waals surface area contributed by atoms with Crippen LogP contribution < -0.4 is 5.32 Å². The van der Waals surface area contributed by atoms with Crippen LogP contribution in [0.1, 0.15) is 72.1 Å². The lowest BCUT2D eigenvalue weighted by atomic mass is 9.74. The van der Waals surface area contributed by atoms with E-state index >= 15 is 0 Å². The van der Waals surface area contributed by atoms with Gasteiger partial charge in [-0.3, -0.25) is 0 Å². The number of rotatable bonds is 3. The molecule has 0 aliphatic heterocycles. The first-order chi connectivity index (χ1) is 8.07. The average Bonchev–Trinajstić information content (AvgIpc) is 2.27. The van der Waals surface area contributed by atoms with Gasteiger partial charge in [0.1, 0.15) is 0 Å². The Bertz CT molecular complexity index is 234. The van der Waals surface area contributed by atoms with Crippen LogP contribution in [0.5, 0.6) is 0 Å². The van der Waals surface area contributed by atoms with Gasteiger partial charge < -0.3 is 5.32 Å². The molecule has 1 heteroatoms. The minimum Gasteiger partial charge on any atom is -0.314 e. The largest absolute Gasteiger partial charge is 0.314 e. The molecular formula is C16H31N. The maximum Gasteiger partial charge on any atom is 0.00722 e. The van der Waals surface area contributed by atoms with Crippen molar-refractivity contribution in [3.8, 4) is 0 Å². The molecule has 2 aliphatic rings. The Morgan fingerprint density at radius 1 is 1.06 bits per heavy atom. The first-order valence-electron chi connectivity index (χ1n) is 7.80. The molecule has 3 unspecified atom stereocenters. The van der Waals surface area contributed by atoms with E-state index in [4.69, 9.17) is 0 Å². The van der Waals surface area contributed by atoms with E-state index in [1.807, 2.05) is 0 Å². The summed E-state index contributed by atoms with van der Waals surface area (Å²) in [6.45, 7) is 8.60. The van der Waals surface area contributed by atoms with Gasteiger partial charge in [-0.1, -0.05) is 46.5 Å². The molecule has 17 heavy (non-hydrogen) atoms. The van der Waals surface area contributed by atoms with Crippen molar-refractivity contribution in [2.24, 2.45) is 17.3 Å². The molecule has 2 fully saturated rings. The Labute approximate surface area is 108 Å². The monoisotopic (exact) mass is 237 g/mol. The zero-order valence-corrected chi connectivity index (χ0v) is 12.1. The van der Waals surface area contributed by atoms with Crippen LogP contribution in [0.4, 0.5) is 0 Å². The molecule has 0 aromatic carbocycles. The van der Waals surface area contributed by atoms with Gasteiger partial charge in [0.2, 0.25) is 0 Å². The smallest absolute Gasteiger partial charge is 0.00722 e. The highest BCUT2D eigenvalue weighted by molar-refractivity contribution is 4.84. The van der Waals surface area contributed by atoms with Gasteiger partial charge in [0.05, 0.1) is 0 Å². The van der Waals surface area contributed by atoms with Gasteiger partial charge in [-0.05, 0) is 49.5 Å². The highest BCUT2D eigenvalue weighted by Gasteiger charge is 2.29. The molecule has 3 atom stereocenters. The fourth-order valence-corrected chi connectivity index (χ4v) is 3.89. The number of hydrogen-bond donors (Lipinski definition) is 1. The first kappa shape index (κ1) is 13.4. The van der Waals surface area contributed by atoms with E-state index < -0.39 is 0 Å². The molecule has 1 N–H and O–H groups in total. The second kappa shape index (κ2) is 5.73. The summed E-state index contributed by atoms with van der Waals surface area (Å²) in [5.74, 6) is 1.90. The lowest BCUT2D eigenvalue weighted by Gasteiger charge is -2.37. The van der Waals surface area contributed by atoms with E-state index in [2.05, 4.69) is 26.1 Å². The van der Waals surface area contributed by atoms with E-state index in [0.29, 0.717) is 5.41 Å². The van der Waals surface area contributed by atoms with Gasteiger partial charge in [-0.15, -0.1) is 0 Å². The predicted octanol–water partition coefficient (Wildman–Crippen LogP) is 4.37. The van der Waals surface area contributed by atoms with Crippen molar-refractivity contribution in [2.45, 2.75) is 78.2 Å². The standard InChI is InChI=1S/C16H31N/c1-13-7-4-5-8-14(13)12-17-15-9-6-10-16(2,3)11-15/h13-15,17H,4-12H2,1-3H3. The minimum atomic E-state index is 0.577. The summed E-state index contributed by atoms with van der Waals surface area (Å²) >= 11 is 0. The quantitative estimate of drug-likeness (QED) is 0.768. The van der Waals surface area contributed by atoms with Gasteiger partial charge in [0.25, 0.3) is 0 Å². The third-order valence-corrected chi connectivity index (χ3v) is 5.16. The van der Waals surface area contributed by atoms with Crippen molar-refractivity contribution >= 4 is 0 Å². The molecule has 100 valence electrons. The highest BCUT2D eigenvalue weighted by Crippen LogP contribution is 2.35. The molecular weight excluding hydrogens is 206 g/mol. The molecule has 0 saturated heterocycles. The van der Waals surface area contributed by atoms with Crippen molar-refractivity contribution in [1.82, 2.24) is 5.32 Å². The normalized spacial score (nSPS) is 37.9. The molecule has 2 saturated carbocycles. The molecule has 0 aromatic rings. The lowest BCUT2D eigenvalue weighted by molar-refractivity contribution is 0.178. The van der Waals surface area contributed by atoms with Crippen molar-refractivity contribution in [2.75, 3.05) is 6.54 Å². The third-order valence-electron chi connectivity index (χ3n) is 5.16. The van der Waals surface area contributed by atoms with E-state index in [1.54, 1.807) is 0 Å². The maximum atomic E-state index is 3.88. The van der Waals surface area contributed by atoms with Crippen molar-refractivity contribution in [1.29, 1.82) is 0 Å². The Kier molecular flexibility index (Phi) is 4.52. The van der Waals surface area contributed by atoms with Crippen LogP contribution in [0, 0.1) is 17.3 Å². The lowest BCUT2D eigenvalue weighted by Crippen LogP contribution is -2.41. The summed E-state index contributed by atoms with van der Waals surface area (Å²) in [7, 11) is 0. The van der Waals surface area contributed by atoms with Gasteiger partial charge in [-0.2, -0.15) is 0 Å². The predicted molar refractivity (Wildman–Crippen MR) is 75.2 cm³/mol. The topological polar surface area (TPSA) is 12.0 Å². The summed E-state index contributed by atoms with van der Waals surface area (Å²) < 4.78 is 0. The third kappa shape index (κ3) is 3.98. The van der Waals surface area contributed by atoms with Crippen LogP contribution in [0.15, 0.2) is 0 Å². The fraction of sp³-hybridized carbons (Fsp3) is 1.00. The van der Waals surface area contributed by atoms with Gasteiger partial charge in [0.15, 0.2) is 0 Å². The SMILES string of the molecule is CC1CCCCC1CNC1CCCC(C)(C)C1. The summed E-state index contributed by atoms with van der Waals surface area (Å²) in [4.78, 5) is 0. The number of hydrogen-bond acceptors (Lipinski definition) is 1. The molecule has 0 amide bonds. The zero-order valence-electron chi connectivity index (χ0n) is 12.1. The van der Waals surface area contributed by atoms with E-state index in [0.717, 1.165) is 17.9 Å². The van der Waals surface area contributed by atoms with Crippen LogP contribution in [-0.2, 0) is 0 Å².